The van der Waals surface area contributed by atoms with Crippen molar-refractivity contribution in [3.63, 3.8) is 0 Å². The van der Waals surface area contributed by atoms with Gasteiger partial charge in [0.25, 0.3) is 0 Å². The van der Waals surface area contributed by atoms with E-state index in [1.165, 1.54) is 18.7 Å². The number of aromatic amines is 1. The van der Waals surface area contributed by atoms with Gasteiger partial charge in [0.05, 0.1) is 67.3 Å². The number of aliphatic hydroxyl groups excluding tert-OH is 1. The lowest BCUT2D eigenvalue weighted by molar-refractivity contribution is -0.144. The highest BCUT2D eigenvalue weighted by Gasteiger charge is 2.45. The van der Waals surface area contributed by atoms with Crippen LogP contribution in [-0.2, 0) is 35.0 Å². The van der Waals surface area contributed by atoms with Gasteiger partial charge in [-0.3, -0.25) is 19.3 Å². The van der Waals surface area contributed by atoms with Crippen molar-refractivity contribution in [1.29, 1.82) is 0 Å². The molecule has 5 aromatic rings. The fourth-order valence-electron chi connectivity index (χ4n) is 9.54. The summed E-state index contributed by atoms with van der Waals surface area (Å²) in [6.07, 6.45) is -0.314. The van der Waals surface area contributed by atoms with Crippen molar-refractivity contribution in [2.24, 2.45) is 11.1 Å². The SMILES string of the molecule is Cc1ncsc1-c1ccc([C@@H](CN)NC(=O)[C@@H]2C[C@@H](O)CN2C(=O)[C@@H](NC(=O)COCCOCCOCCOc2cc(F)c(C3c4[nH]c5ccccc5c4C[C@@H](C)N3CC(C)(C)F)c(F)c2)C(C)(C)C)cc1. The van der Waals surface area contributed by atoms with E-state index < -0.39 is 70.7 Å². The van der Waals surface area contributed by atoms with Gasteiger partial charge in [-0.25, -0.2) is 18.2 Å². The fraction of sp³-hybridized carbons (Fsp3) is 0.509. The Morgan fingerprint density at radius 3 is 2.22 bits per heavy atom. The number of thiazole rings is 1. The van der Waals surface area contributed by atoms with Crippen LogP contribution in [0.2, 0.25) is 0 Å². The first-order valence-corrected chi connectivity index (χ1v) is 25.3. The minimum absolute atomic E-state index is 0.00825. The van der Waals surface area contributed by atoms with Crippen LogP contribution in [0.15, 0.2) is 66.2 Å². The summed E-state index contributed by atoms with van der Waals surface area (Å²) in [6.45, 7) is 12.5. The number of carbonyl (C=O) groups excluding carboxylic acids is 3. The van der Waals surface area contributed by atoms with Crippen molar-refractivity contribution in [2.75, 3.05) is 65.9 Å². The Bertz CT molecular complexity index is 2630. The molecule has 0 saturated carbocycles. The second-order valence-corrected chi connectivity index (χ2v) is 21.1. The smallest absolute Gasteiger partial charge is 0.246 e. The van der Waals surface area contributed by atoms with Gasteiger partial charge in [-0.05, 0) is 62.3 Å². The summed E-state index contributed by atoms with van der Waals surface area (Å²) in [5.41, 5.74) is 10.5. The number of nitrogens with two attached hydrogens (primary N) is 1. The lowest BCUT2D eigenvalue weighted by Gasteiger charge is -2.43. The molecule has 1 fully saturated rings. The molecule has 3 aromatic carbocycles. The molecule has 19 heteroatoms. The lowest BCUT2D eigenvalue weighted by Crippen LogP contribution is -2.58. The van der Waals surface area contributed by atoms with Gasteiger partial charge in [-0.15, -0.1) is 11.3 Å². The predicted octanol–water partition coefficient (Wildman–Crippen LogP) is 6.70. The third-order valence-corrected chi connectivity index (χ3v) is 14.0. The van der Waals surface area contributed by atoms with Crippen molar-refractivity contribution in [1.82, 2.24) is 30.4 Å². The summed E-state index contributed by atoms with van der Waals surface area (Å²) in [5.74, 6) is -3.12. The Morgan fingerprint density at radius 2 is 1.60 bits per heavy atom. The van der Waals surface area contributed by atoms with E-state index in [4.69, 9.17) is 24.7 Å². The van der Waals surface area contributed by atoms with Crippen LogP contribution in [0.3, 0.4) is 0 Å². The first-order valence-electron chi connectivity index (χ1n) is 24.4. The molecule has 0 spiro atoms. The van der Waals surface area contributed by atoms with Crippen LogP contribution < -0.4 is 21.1 Å². The molecule has 6 N–H and O–H groups in total. The molecule has 4 heterocycles. The molecule has 1 unspecified atom stereocenters. The number of ether oxygens (including phenoxy) is 4. The van der Waals surface area contributed by atoms with E-state index in [1.807, 2.05) is 67.3 Å². The number of alkyl halides is 1. The number of aliphatic hydroxyl groups is 1. The lowest BCUT2D eigenvalue weighted by atomic mass is 9.85. The van der Waals surface area contributed by atoms with Crippen LogP contribution in [0.5, 0.6) is 5.75 Å². The van der Waals surface area contributed by atoms with Crippen molar-refractivity contribution in [3.8, 4) is 16.2 Å². The van der Waals surface area contributed by atoms with Gasteiger partial charge in [-0.1, -0.05) is 63.2 Å². The number of carbonyl (C=O) groups is 3. The maximum absolute atomic E-state index is 16.0. The van der Waals surface area contributed by atoms with E-state index in [9.17, 15) is 19.5 Å². The zero-order valence-corrected chi connectivity index (χ0v) is 42.9. The molecule has 6 atom stereocenters. The summed E-state index contributed by atoms with van der Waals surface area (Å²) >= 11 is 1.54. The van der Waals surface area contributed by atoms with Crippen LogP contribution in [0.4, 0.5) is 13.2 Å². The number of hydrogen-bond donors (Lipinski definition) is 5. The van der Waals surface area contributed by atoms with E-state index in [2.05, 4.69) is 20.6 Å². The Kier molecular flexibility index (Phi) is 17.8. The number of nitrogens with one attached hydrogen (secondary N) is 3. The predicted molar refractivity (Wildman–Crippen MR) is 269 cm³/mol. The van der Waals surface area contributed by atoms with Gasteiger partial charge >= 0.3 is 0 Å². The molecule has 2 aliphatic heterocycles. The number of hydrogen-bond acceptors (Lipinski definition) is 12. The number of β-amino-alcohol motifs (C(OH)–C–C–N with tert-alkyl or cyclic N) is 1. The summed E-state index contributed by atoms with van der Waals surface area (Å²) in [6, 6.07) is 14.0. The second-order valence-electron chi connectivity index (χ2n) is 20.3. The molecule has 2 aromatic heterocycles. The van der Waals surface area contributed by atoms with E-state index >= 15 is 13.2 Å². The minimum Gasteiger partial charge on any atom is -0.491 e. The molecule has 3 amide bonds. The first-order chi connectivity index (χ1) is 34.2. The maximum atomic E-state index is 16.0. The van der Waals surface area contributed by atoms with E-state index in [1.54, 1.807) is 37.6 Å². The van der Waals surface area contributed by atoms with Gasteiger partial charge in [0.15, 0.2) is 0 Å². The third-order valence-electron chi connectivity index (χ3n) is 13.0. The third kappa shape index (κ3) is 13.2. The molecular formula is C53H68F3N7O8S. The van der Waals surface area contributed by atoms with Crippen LogP contribution in [0.25, 0.3) is 21.3 Å². The number of likely N-dealkylation sites (tertiary alicyclic amines) is 1. The normalized spacial score (nSPS) is 19.3. The molecule has 1 saturated heterocycles. The monoisotopic (exact) mass is 1020 g/mol. The zero-order valence-electron chi connectivity index (χ0n) is 42.1. The van der Waals surface area contributed by atoms with E-state index in [0.717, 1.165) is 50.3 Å². The Hall–Kier alpha value is -5.41. The highest BCUT2D eigenvalue weighted by molar-refractivity contribution is 7.13. The molecule has 390 valence electrons. The topological polar surface area (TPSA) is 194 Å². The number of aromatic nitrogens is 2. The summed E-state index contributed by atoms with van der Waals surface area (Å²) in [4.78, 5) is 52.8. The van der Waals surface area contributed by atoms with Gasteiger partial charge in [0, 0.05) is 66.4 Å². The van der Waals surface area contributed by atoms with Gasteiger partial charge in [0.1, 0.15) is 48.4 Å². The van der Waals surface area contributed by atoms with E-state index in [0.29, 0.717) is 12.1 Å². The number of amides is 3. The van der Waals surface area contributed by atoms with E-state index in [-0.39, 0.29) is 89.7 Å². The number of benzene rings is 3. The molecule has 15 nitrogen and oxygen atoms in total. The van der Waals surface area contributed by atoms with Crippen molar-refractivity contribution in [3.05, 3.63) is 106 Å². The summed E-state index contributed by atoms with van der Waals surface area (Å²) < 4.78 is 69.5. The highest BCUT2D eigenvalue weighted by Crippen LogP contribution is 2.44. The molecule has 2 aliphatic rings. The maximum Gasteiger partial charge on any atom is 0.246 e. The Morgan fingerprint density at radius 1 is 0.944 bits per heavy atom. The first kappa shape index (κ1) is 54.4. The zero-order chi connectivity index (χ0) is 51.9. The molecular weight excluding hydrogens is 952 g/mol. The minimum atomic E-state index is -1.62. The number of H-pyrrole nitrogens is 1. The fourth-order valence-corrected chi connectivity index (χ4v) is 10.4. The second kappa shape index (κ2) is 23.6. The van der Waals surface area contributed by atoms with Gasteiger partial charge in [0.2, 0.25) is 17.7 Å². The largest absolute Gasteiger partial charge is 0.491 e. The highest BCUT2D eigenvalue weighted by atomic mass is 32.1. The average molecular weight is 1020 g/mol. The Labute approximate surface area is 422 Å². The number of fused-ring (bicyclic) bond motifs is 3. The quantitative estimate of drug-likeness (QED) is 0.0464. The summed E-state index contributed by atoms with van der Waals surface area (Å²) in [5, 5.41) is 17.4. The van der Waals surface area contributed by atoms with Crippen molar-refractivity contribution < 1.29 is 51.6 Å². The van der Waals surface area contributed by atoms with Crippen LogP contribution in [0.1, 0.15) is 88.1 Å². The number of halogens is 3. The van der Waals surface area contributed by atoms with Crippen LogP contribution in [0, 0.1) is 24.0 Å². The average Bonchev–Trinajstić information content (AvgIpc) is 4.05. The molecule has 0 bridgehead atoms. The molecule has 0 radical (unpaired) electrons. The van der Waals surface area contributed by atoms with Crippen LogP contribution >= 0.6 is 11.3 Å². The van der Waals surface area contributed by atoms with Gasteiger partial charge in [-0.2, -0.15) is 0 Å². The summed E-state index contributed by atoms with van der Waals surface area (Å²) in [7, 11) is 0. The number of rotatable bonds is 22. The molecule has 7 rings (SSSR count). The van der Waals surface area contributed by atoms with Crippen molar-refractivity contribution >= 4 is 40.0 Å². The number of aryl methyl sites for hydroxylation is 1. The standard InChI is InChI=1S/C53H68F3N7O8S/c1-31-22-38-37-10-8-9-11-41(37)59-46(38)47(63(31)29-53(6,7)56)45-39(54)24-36(25-40(45)55)71-21-20-69-17-16-68-18-19-70-28-44(65)61-49(52(3,4)5)51(67)62-27-35(64)23-43(62)50(66)60-42(26-57)33-12-14-34(15-13-33)48-32(2)58-30-72-48/h8-15,24-25,30-31,35,42-43,47,49,59,64H,16-23,26-29,57H2,1-7H3,(H,60,66)(H,61,65)/t31-,35-,42-,43+,47?,49-/m1/s1. The number of nitrogens with zero attached hydrogens (tertiary/aromatic N) is 3. The van der Waals surface area contributed by atoms with Crippen LogP contribution in [-0.4, -0.2) is 138 Å². The Balaban J connectivity index is 0.821. The van der Waals surface area contributed by atoms with Gasteiger partial charge < -0.3 is 50.3 Å². The van der Waals surface area contributed by atoms with Crippen molar-refractivity contribution in [2.45, 2.75) is 103 Å². The molecule has 72 heavy (non-hydrogen) atoms. The number of para-hydroxylation sites is 1. The molecule has 0 aliphatic carbocycles.